The predicted molar refractivity (Wildman–Crippen MR) is 96.0 cm³/mol. The van der Waals surface area contributed by atoms with Crippen LogP contribution in [-0.2, 0) is 4.79 Å². The van der Waals surface area contributed by atoms with Crippen molar-refractivity contribution in [2.24, 2.45) is 0 Å². The number of benzene rings is 1. The normalized spacial score (nSPS) is 19.9. The summed E-state index contributed by atoms with van der Waals surface area (Å²) < 4.78 is 12.5. The third-order valence-corrected chi connectivity index (χ3v) is 5.42. The molecule has 1 aromatic carbocycles. The van der Waals surface area contributed by atoms with Crippen molar-refractivity contribution in [2.75, 3.05) is 19.5 Å². The molecular formula is C19H23N3O4. The molecule has 7 heteroatoms. The first-order chi connectivity index (χ1) is 12.6. The highest BCUT2D eigenvalue weighted by Gasteiger charge is 2.33. The number of nitrogens with zero attached hydrogens (tertiary/aromatic N) is 2. The monoisotopic (exact) mass is 357 g/mol. The van der Waals surface area contributed by atoms with E-state index in [-0.39, 0.29) is 17.6 Å². The second kappa shape index (κ2) is 6.55. The van der Waals surface area contributed by atoms with Crippen LogP contribution in [0.3, 0.4) is 0 Å². The molecule has 0 bridgehead atoms. The Morgan fingerprint density at radius 2 is 1.85 bits per heavy atom. The standard InChI is InChI=1S/C19H23N3O4/c1-25-15-7-11(8-16(26-2)18(15)24)13-9-17(23)21-19-14(13)10-20-22(19)12-5-3-4-6-12/h7-8,10,12-13,24H,3-6,9H2,1-2H3,(H,21,23)/t13-/m1/s1. The number of amides is 1. The van der Waals surface area contributed by atoms with Crippen molar-refractivity contribution in [3.05, 3.63) is 29.5 Å². The van der Waals surface area contributed by atoms with Gasteiger partial charge in [-0.1, -0.05) is 12.8 Å². The number of rotatable bonds is 4. The maximum Gasteiger partial charge on any atom is 0.226 e. The summed E-state index contributed by atoms with van der Waals surface area (Å²) in [6.45, 7) is 0. The molecule has 4 rings (SSSR count). The van der Waals surface area contributed by atoms with Gasteiger partial charge in [0.25, 0.3) is 0 Å². The van der Waals surface area contributed by atoms with Gasteiger partial charge in [0, 0.05) is 17.9 Å². The van der Waals surface area contributed by atoms with Crippen molar-refractivity contribution in [3.63, 3.8) is 0 Å². The first kappa shape index (κ1) is 16.8. The van der Waals surface area contributed by atoms with Gasteiger partial charge in [0.2, 0.25) is 11.7 Å². The number of ether oxygens (including phenoxy) is 2. The second-order valence-corrected chi connectivity index (χ2v) is 6.91. The summed E-state index contributed by atoms with van der Waals surface area (Å²) in [6, 6.07) is 3.87. The molecule has 7 nitrogen and oxygen atoms in total. The van der Waals surface area contributed by atoms with Crippen LogP contribution in [0.5, 0.6) is 17.2 Å². The number of fused-ring (bicyclic) bond motifs is 1. The Labute approximate surface area is 151 Å². The third kappa shape index (κ3) is 2.67. The molecule has 1 aliphatic heterocycles. The van der Waals surface area contributed by atoms with Crippen molar-refractivity contribution in [1.82, 2.24) is 9.78 Å². The lowest BCUT2D eigenvalue weighted by atomic mass is 9.87. The summed E-state index contributed by atoms with van der Waals surface area (Å²) >= 11 is 0. The molecule has 1 amide bonds. The number of phenolic OH excluding ortho intramolecular Hbond substituents is 1. The molecular weight excluding hydrogens is 334 g/mol. The number of methoxy groups -OCH3 is 2. The van der Waals surface area contributed by atoms with E-state index in [2.05, 4.69) is 10.4 Å². The number of aromatic nitrogens is 2. The molecule has 26 heavy (non-hydrogen) atoms. The van der Waals surface area contributed by atoms with Gasteiger partial charge < -0.3 is 19.9 Å². The molecule has 2 N–H and O–H groups in total. The minimum absolute atomic E-state index is 0.0340. The molecule has 1 saturated carbocycles. The lowest BCUT2D eigenvalue weighted by Crippen LogP contribution is -2.25. The number of hydrogen-bond donors (Lipinski definition) is 2. The molecule has 1 aromatic heterocycles. The topological polar surface area (TPSA) is 85.6 Å². The molecule has 1 atom stereocenters. The number of phenols is 1. The lowest BCUT2D eigenvalue weighted by molar-refractivity contribution is -0.116. The zero-order chi connectivity index (χ0) is 18.3. The number of hydrogen-bond acceptors (Lipinski definition) is 5. The van der Waals surface area contributed by atoms with Gasteiger partial charge >= 0.3 is 0 Å². The molecule has 138 valence electrons. The van der Waals surface area contributed by atoms with E-state index < -0.39 is 0 Å². The molecule has 0 saturated heterocycles. The first-order valence-electron chi connectivity index (χ1n) is 8.94. The van der Waals surface area contributed by atoms with Crippen LogP contribution in [0, 0.1) is 0 Å². The number of carbonyl (C=O) groups is 1. The van der Waals surface area contributed by atoms with Crippen molar-refractivity contribution in [3.8, 4) is 17.2 Å². The fourth-order valence-electron chi connectivity index (χ4n) is 4.08. The van der Waals surface area contributed by atoms with E-state index in [1.54, 1.807) is 12.1 Å². The molecule has 0 spiro atoms. The molecule has 0 radical (unpaired) electrons. The van der Waals surface area contributed by atoms with Crippen LogP contribution < -0.4 is 14.8 Å². The molecule has 2 aliphatic rings. The smallest absolute Gasteiger partial charge is 0.226 e. The van der Waals surface area contributed by atoms with Crippen molar-refractivity contribution in [2.45, 2.75) is 44.1 Å². The van der Waals surface area contributed by atoms with Gasteiger partial charge in [0.1, 0.15) is 5.82 Å². The Kier molecular flexibility index (Phi) is 4.22. The highest BCUT2D eigenvalue weighted by atomic mass is 16.5. The first-order valence-corrected chi connectivity index (χ1v) is 8.94. The van der Waals surface area contributed by atoms with Gasteiger partial charge in [0.15, 0.2) is 11.5 Å². The van der Waals surface area contributed by atoms with Crippen molar-refractivity contribution >= 4 is 11.7 Å². The minimum Gasteiger partial charge on any atom is -0.502 e. The fraction of sp³-hybridized carbons (Fsp3) is 0.474. The van der Waals surface area contributed by atoms with Crippen molar-refractivity contribution < 1.29 is 19.4 Å². The summed E-state index contributed by atoms with van der Waals surface area (Å²) in [5, 5.41) is 17.7. The van der Waals surface area contributed by atoms with E-state index in [0.29, 0.717) is 24.0 Å². The zero-order valence-corrected chi connectivity index (χ0v) is 15.0. The molecule has 2 heterocycles. The number of anilines is 1. The Bertz CT molecular complexity index is 814. The summed E-state index contributed by atoms with van der Waals surface area (Å²) in [7, 11) is 2.99. The minimum atomic E-state index is -0.155. The molecule has 2 aromatic rings. The Morgan fingerprint density at radius 3 is 2.46 bits per heavy atom. The van der Waals surface area contributed by atoms with Gasteiger partial charge in [-0.15, -0.1) is 0 Å². The zero-order valence-electron chi connectivity index (χ0n) is 15.0. The van der Waals surface area contributed by atoms with Crippen LogP contribution >= 0.6 is 0 Å². The summed E-state index contributed by atoms with van der Waals surface area (Å²) in [5.41, 5.74) is 1.85. The largest absolute Gasteiger partial charge is 0.502 e. The maximum atomic E-state index is 12.4. The predicted octanol–water partition coefficient (Wildman–Crippen LogP) is 3.20. The highest BCUT2D eigenvalue weighted by Crippen LogP contribution is 2.45. The summed E-state index contributed by atoms with van der Waals surface area (Å²) in [5.74, 6) is 1.22. The number of nitrogens with one attached hydrogen (secondary N) is 1. The van der Waals surface area contributed by atoms with Crippen molar-refractivity contribution in [1.29, 1.82) is 0 Å². The quantitative estimate of drug-likeness (QED) is 0.878. The van der Waals surface area contributed by atoms with Crippen LogP contribution in [0.1, 0.15) is 55.2 Å². The second-order valence-electron chi connectivity index (χ2n) is 6.91. The van der Waals surface area contributed by atoms with Crippen LogP contribution in [-0.4, -0.2) is 35.0 Å². The number of aromatic hydroxyl groups is 1. The van der Waals surface area contributed by atoms with Gasteiger partial charge in [-0.05, 0) is 30.5 Å². The van der Waals surface area contributed by atoms with Crippen LogP contribution in [0.25, 0.3) is 0 Å². The van der Waals surface area contributed by atoms with Gasteiger partial charge in [-0.25, -0.2) is 4.68 Å². The van der Waals surface area contributed by atoms with Crippen LogP contribution in [0.15, 0.2) is 18.3 Å². The third-order valence-electron chi connectivity index (χ3n) is 5.42. The van der Waals surface area contributed by atoms with E-state index in [0.717, 1.165) is 29.8 Å². The molecule has 1 aliphatic carbocycles. The summed E-state index contributed by atoms with van der Waals surface area (Å²) in [6.07, 6.45) is 6.75. The van der Waals surface area contributed by atoms with Gasteiger partial charge in [-0.3, -0.25) is 4.79 Å². The highest BCUT2D eigenvalue weighted by molar-refractivity contribution is 5.94. The Morgan fingerprint density at radius 1 is 1.19 bits per heavy atom. The SMILES string of the molecule is COc1cc([C@H]2CC(=O)Nc3c2cnn3C2CCCC2)cc(OC)c1O. The van der Waals surface area contributed by atoms with E-state index in [9.17, 15) is 9.90 Å². The summed E-state index contributed by atoms with van der Waals surface area (Å²) in [4.78, 5) is 12.4. The van der Waals surface area contributed by atoms with Gasteiger partial charge in [-0.2, -0.15) is 5.10 Å². The Hall–Kier alpha value is -2.70. The van der Waals surface area contributed by atoms with E-state index >= 15 is 0 Å². The lowest BCUT2D eigenvalue weighted by Gasteiger charge is -2.26. The average molecular weight is 357 g/mol. The maximum absolute atomic E-state index is 12.4. The van der Waals surface area contributed by atoms with E-state index in [1.807, 2.05) is 10.9 Å². The van der Waals surface area contributed by atoms with Crippen LogP contribution in [0.2, 0.25) is 0 Å². The Balaban J connectivity index is 1.78. The van der Waals surface area contributed by atoms with E-state index in [1.165, 1.54) is 27.1 Å². The van der Waals surface area contributed by atoms with Crippen LogP contribution in [0.4, 0.5) is 5.82 Å². The van der Waals surface area contributed by atoms with E-state index in [4.69, 9.17) is 9.47 Å². The molecule has 1 fully saturated rings. The van der Waals surface area contributed by atoms with Gasteiger partial charge in [0.05, 0.1) is 26.5 Å². The average Bonchev–Trinajstić information content (AvgIpc) is 3.30. The molecule has 0 unspecified atom stereocenters. The fourth-order valence-corrected chi connectivity index (χ4v) is 4.08. The number of carbonyl (C=O) groups excluding carboxylic acids is 1.